The number of ether oxygens (including phenoxy) is 2. The van der Waals surface area contributed by atoms with Crippen LogP contribution in [0.25, 0.3) is 0 Å². The molecule has 6 nitrogen and oxygen atoms in total. The van der Waals surface area contributed by atoms with E-state index in [9.17, 15) is 9.90 Å². The number of phenolic OH excluding ortho intramolecular Hbond substituents is 1. The standard InChI is InChI=1S/C37H42Cl2N2O4/c1-22(2)21-41(33(43)18-24-9-11-27(38)28(39)17-24)29-12-10-26-30-19-25-31(42)20-32(44-3)35-34(25)37(26,36(29)45-35)14-16-40(30)15-13-23-7-5-4-6-8-23/h4-9,11,17,20,22,26,29-30,36,42H,10,12-16,18-19,21H2,1-3H3/t26-,29+,30+,36-,37-/m0/s1. The second-order valence-corrected chi connectivity index (χ2v) is 14.6. The number of carbonyl (C=O) groups excluding carboxylic acids is 1. The van der Waals surface area contributed by atoms with Crippen LogP contribution < -0.4 is 9.47 Å². The molecule has 8 heteroatoms. The van der Waals surface area contributed by atoms with Crippen molar-refractivity contribution in [2.24, 2.45) is 11.8 Å². The molecule has 238 valence electrons. The second kappa shape index (κ2) is 12.0. The van der Waals surface area contributed by atoms with Crippen molar-refractivity contribution >= 4 is 29.1 Å². The van der Waals surface area contributed by atoms with E-state index in [4.69, 9.17) is 32.7 Å². The monoisotopic (exact) mass is 648 g/mol. The van der Waals surface area contributed by atoms with Gasteiger partial charge in [0.05, 0.1) is 29.6 Å². The molecule has 1 N–H and O–H groups in total. The van der Waals surface area contributed by atoms with Crippen LogP contribution in [0.15, 0.2) is 54.6 Å². The summed E-state index contributed by atoms with van der Waals surface area (Å²) in [6.07, 6.45) is 4.63. The van der Waals surface area contributed by atoms with Gasteiger partial charge in [-0.2, -0.15) is 0 Å². The van der Waals surface area contributed by atoms with Crippen LogP contribution in [-0.4, -0.2) is 65.7 Å². The van der Waals surface area contributed by atoms with Gasteiger partial charge in [0.25, 0.3) is 0 Å². The molecule has 1 saturated carbocycles. The zero-order valence-corrected chi connectivity index (χ0v) is 27.8. The molecule has 5 atom stereocenters. The van der Waals surface area contributed by atoms with Crippen LogP contribution in [0.1, 0.15) is 55.4 Å². The summed E-state index contributed by atoms with van der Waals surface area (Å²) in [7, 11) is 1.64. The highest BCUT2D eigenvalue weighted by molar-refractivity contribution is 6.42. The minimum Gasteiger partial charge on any atom is -0.508 e. The van der Waals surface area contributed by atoms with Crippen LogP contribution in [0.3, 0.4) is 0 Å². The maximum atomic E-state index is 14.2. The number of phenols is 1. The Bertz CT molecular complexity index is 1600. The first-order valence-electron chi connectivity index (χ1n) is 16.3. The van der Waals surface area contributed by atoms with Crippen LogP contribution in [-0.2, 0) is 29.5 Å². The van der Waals surface area contributed by atoms with Crippen molar-refractivity contribution in [3.05, 3.63) is 86.9 Å². The molecular weight excluding hydrogens is 607 g/mol. The van der Waals surface area contributed by atoms with Gasteiger partial charge in [-0.1, -0.05) is 73.4 Å². The molecule has 3 aromatic carbocycles. The number of hydrogen-bond acceptors (Lipinski definition) is 5. The second-order valence-electron chi connectivity index (χ2n) is 13.8. The van der Waals surface area contributed by atoms with Crippen LogP contribution >= 0.6 is 23.2 Å². The number of hydrogen-bond donors (Lipinski definition) is 1. The molecule has 1 spiro atoms. The van der Waals surface area contributed by atoms with Crippen LogP contribution in [0.5, 0.6) is 17.2 Å². The molecule has 7 rings (SSSR count). The molecule has 0 unspecified atom stereocenters. The Balaban J connectivity index is 1.25. The maximum Gasteiger partial charge on any atom is 0.227 e. The third-order valence-corrected chi connectivity index (χ3v) is 11.6. The highest BCUT2D eigenvalue weighted by Crippen LogP contribution is 2.65. The van der Waals surface area contributed by atoms with Crippen molar-refractivity contribution in [2.75, 3.05) is 26.7 Å². The van der Waals surface area contributed by atoms with Gasteiger partial charge in [-0.25, -0.2) is 0 Å². The molecule has 2 aliphatic heterocycles. The highest BCUT2D eigenvalue weighted by Gasteiger charge is 2.67. The Morgan fingerprint density at radius 1 is 1.11 bits per heavy atom. The van der Waals surface area contributed by atoms with Crippen molar-refractivity contribution in [3.8, 4) is 17.2 Å². The van der Waals surface area contributed by atoms with Crippen LogP contribution in [0.4, 0.5) is 0 Å². The van der Waals surface area contributed by atoms with Crippen molar-refractivity contribution in [2.45, 2.75) is 76.0 Å². The predicted octanol–water partition coefficient (Wildman–Crippen LogP) is 7.09. The van der Waals surface area contributed by atoms with Gasteiger partial charge in [0, 0.05) is 41.7 Å². The Hall–Kier alpha value is -2.93. The lowest BCUT2D eigenvalue weighted by Crippen LogP contribution is -2.69. The van der Waals surface area contributed by atoms with Gasteiger partial charge < -0.3 is 19.5 Å². The lowest BCUT2D eigenvalue weighted by Gasteiger charge is -2.60. The molecule has 2 aliphatic carbocycles. The third-order valence-electron chi connectivity index (χ3n) is 10.9. The van der Waals surface area contributed by atoms with Crippen molar-refractivity contribution in [1.82, 2.24) is 9.80 Å². The number of piperidine rings is 1. The Morgan fingerprint density at radius 2 is 1.91 bits per heavy atom. The maximum absolute atomic E-state index is 14.2. The lowest BCUT2D eigenvalue weighted by atomic mass is 9.50. The van der Waals surface area contributed by atoms with Crippen LogP contribution in [0, 0.1) is 11.8 Å². The number of benzene rings is 3. The summed E-state index contributed by atoms with van der Waals surface area (Å²) in [6, 6.07) is 18.1. The van der Waals surface area contributed by atoms with Gasteiger partial charge in [0.1, 0.15) is 11.9 Å². The average molecular weight is 650 g/mol. The third kappa shape index (κ3) is 5.17. The molecule has 2 bridgehead atoms. The molecule has 45 heavy (non-hydrogen) atoms. The van der Waals surface area contributed by atoms with E-state index in [1.807, 2.05) is 6.07 Å². The summed E-state index contributed by atoms with van der Waals surface area (Å²) >= 11 is 12.5. The predicted molar refractivity (Wildman–Crippen MR) is 178 cm³/mol. The Morgan fingerprint density at radius 3 is 2.64 bits per heavy atom. The zero-order chi connectivity index (χ0) is 31.5. The fraction of sp³-hybridized carbons (Fsp3) is 0.486. The molecule has 0 radical (unpaired) electrons. The van der Waals surface area contributed by atoms with Gasteiger partial charge in [0.2, 0.25) is 5.91 Å². The number of nitrogens with zero attached hydrogens (tertiary/aromatic N) is 2. The number of methoxy groups -OCH3 is 1. The van der Waals surface area contributed by atoms with Gasteiger partial charge in [-0.3, -0.25) is 9.69 Å². The summed E-state index contributed by atoms with van der Waals surface area (Å²) in [6.45, 7) is 6.91. The normalized spacial score (nSPS) is 26.4. The van der Waals surface area contributed by atoms with Crippen molar-refractivity contribution in [1.29, 1.82) is 0 Å². The van der Waals surface area contributed by atoms with Crippen LogP contribution in [0.2, 0.25) is 10.0 Å². The number of carbonyl (C=O) groups is 1. The molecule has 0 aromatic heterocycles. The molecule has 1 amide bonds. The van der Waals surface area contributed by atoms with E-state index in [1.54, 1.807) is 25.3 Å². The Kier molecular flexibility index (Phi) is 8.20. The summed E-state index contributed by atoms with van der Waals surface area (Å²) in [5.41, 5.74) is 4.05. The van der Waals surface area contributed by atoms with Gasteiger partial charge in [-0.05, 0) is 73.7 Å². The molecule has 4 aliphatic rings. The molecule has 1 saturated heterocycles. The topological polar surface area (TPSA) is 62.2 Å². The van der Waals surface area contributed by atoms with Crippen molar-refractivity contribution in [3.63, 3.8) is 0 Å². The van der Waals surface area contributed by atoms with Crippen molar-refractivity contribution < 1.29 is 19.4 Å². The van der Waals surface area contributed by atoms with E-state index in [-0.39, 0.29) is 35.8 Å². The quantitative estimate of drug-likeness (QED) is 0.269. The number of likely N-dealkylation sites (tertiary alicyclic amines) is 1. The van der Waals surface area contributed by atoms with E-state index < -0.39 is 0 Å². The smallest absolute Gasteiger partial charge is 0.227 e. The first kappa shape index (κ1) is 30.7. The molecular formula is C37H42Cl2N2O4. The number of aromatic hydroxyl groups is 1. The average Bonchev–Trinajstić information content (AvgIpc) is 3.37. The van der Waals surface area contributed by atoms with E-state index in [0.29, 0.717) is 40.0 Å². The fourth-order valence-electron chi connectivity index (χ4n) is 9.06. The first-order valence-corrected chi connectivity index (χ1v) is 17.1. The summed E-state index contributed by atoms with van der Waals surface area (Å²) in [4.78, 5) is 19.0. The minimum absolute atomic E-state index is 0.0733. The van der Waals surface area contributed by atoms with E-state index in [1.165, 1.54) is 5.56 Å². The zero-order valence-electron chi connectivity index (χ0n) is 26.3. The van der Waals surface area contributed by atoms with Gasteiger partial charge >= 0.3 is 0 Å². The molecule has 3 aromatic rings. The first-order chi connectivity index (χ1) is 21.7. The summed E-state index contributed by atoms with van der Waals surface area (Å²) in [5.74, 6) is 2.37. The van der Waals surface area contributed by atoms with E-state index in [0.717, 1.165) is 67.6 Å². The summed E-state index contributed by atoms with van der Waals surface area (Å²) in [5, 5.41) is 12.3. The van der Waals surface area contributed by atoms with Gasteiger partial charge in [0.15, 0.2) is 11.5 Å². The van der Waals surface area contributed by atoms with E-state index >= 15 is 0 Å². The Labute approximate surface area is 276 Å². The number of halogens is 2. The molecule has 2 heterocycles. The fourth-order valence-corrected chi connectivity index (χ4v) is 9.38. The minimum atomic E-state index is -0.287. The lowest BCUT2D eigenvalue weighted by molar-refractivity contribution is -0.143. The number of rotatable bonds is 9. The molecule has 2 fully saturated rings. The van der Waals surface area contributed by atoms with E-state index in [2.05, 4.69) is 54.0 Å². The highest BCUT2D eigenvalue weighted by atomic mass is 35.5. The summed E-state index contributed by atoms with van der Waals surface area (Å²) < 4.78 is 12.9. The largest absolute Gasteiger partial charge is 0.508 e. The SMILES string of the molecule is COc1cc(O)c2c3c1O[C@H]1[C@H](N(CC(C)C)C(=O)Cc4ccc(Cl)c(Cl)c4)CC[C@H]4[C@@H](C2)N(CCc2ccccc2)CC[C@@]341. The number of amides is 1. The van der Waals surface area contributed by atoms with Gasteiger partial charge in [-0.15, -0.1) is 0 Å².